The van der Waals surface area contributed by atoms with E-state index in [-0.39, 0.29) is 0 Å². The van der Waals surface area contributed by atoms with Crippen LogP contribution in [0.5, 0.6) is 0 Å². The normalized spacial score (nSPS) is 12.6. The minimum Gasteiger partial charge on any atom is -0.309 e. The fourth-order valence-electron chi connectivity index (χ4n) is 14.8. The molecule has 0 N–H and O–H groups in total. The van der Waals surface area contributed by atoms with Crippen molar-refractivity contribution in [3.05, 3.63) is 271 Å². The lowest BCUT2D eigenvalue weighted by molar-refractivity contribution is 0.881. The summed E-state index contributed by atoms with van der Waals surface area (Å²) in [6.07, 6.45) is 6.20. The quantitative estimate of drug-likeness (QED) is 0.172. The Bertz CT molecular complexity index is 5880. The largest absolute Gasteiger partial charge is 0.309 e. The molecule has 0 amide bonds. The number of hydrogen-bond donors (Lipinski definition) is 0. The lowest BCUT2D eigenvalue weighted by Gasteiger charge is -2.30. The van der Waals surface area contributed by atoms with Gasteiger partial charge in [0.05, 0.1) is 73.0 Å². The second-order valence-corrected chi connectivity index (χ2v) is 22.4. The first-order chi connectivity index (χ1) is 41.7. The maximum absolute atomic E-state index is 13.4. The van der Waals surface area contributed by atoms with Gasteiger partial charge in [-0.25, -0.2) is 0 Å². The lowest BCUT2D eigenvalue weighted by Crippen LogP contribution is -2.17. The molecule has 0 saturated heterocycles. The summed E-state index contributed by atoms with van der Waals surface area (Å²) in [6.45, 7) is 0. The zero-order chi connectivity index (χ0) is 55.3. The fraction of sp³-hybridized carbons (Fsp3) is 0.0256. The smallest absolute Gasteiger partial charge is 0.104 e. The summed E-state index contributed by atoms with van der Waals surface area (Å²) in [5, 5.41) is 40.5. The molecule has 13 aromatic carbocycles. The van der Waals surface area contributed by atoms with Crippen LogP contribution in [0.25, 0.3) is 159 Å². The SMILES string of the molecule is N#Cc1ccc(-c2c(-n3c4ccccc4c4ccc5ccccc5c43)c(-n3c4c(c5ccc6ccccc6c53)C=CCC4)c(C#N)c(-n3c4ccccc4c4ccc5ccccc5c43)c2-n2c3ccccc3c3ccc4ccccc4c32)cc1. The number of nitrogens with zero attached hydrogens (tertiary/aromatic N) is 6. The van der Waals surface area contributed by atoms with E-state index in [1.807, 2.05) is 12.1 Å². The molecule has 17 aromatic rings. The van der Waals surface area contributed by atoms with Crippen molar-refractivity contribution in [1.29, 1.82) is 10.5 Å². The van der Waals surface area contributed by atoms with Crippen LogP contribution in [0.3, 0.4) is 0 Å². The van der Waals surface area contributed by atoms with Gasteiger partial charge in [-0.3, -0.25) is 0 Å². The van der Waals surface area contributed by atoms with Gasteiger partial charge in [-0.2, -0.15) is 10.5 Å². The Morgan fingerprint density at radius 1 is 0.310 bits per heavy atom. The van der Waals surface area contributed by atoms with E-state index in [1.54, 1.807) is 0 Å². The minimum absolute atomic E-state index is 0.521. The summed E-state index contributed by atoms with van der Waals surface area (Å²) in [5.74, 6) is 0. The summed E-state index contributed by atoms with van der Waals surface area (Å²) in [7, 11) is 0. The number of benzene rings is 13. The molecule has 6 heteroatoms. The van der Waals surface area contributed by atoms with Gasteiger partial charge >= 0.3 is 0 Å². The first-order valence-electron chi connectivity index (χ1n) is 28.8. The number of hydrogen-bond acceptors (Lipinski definition) is 2. The third-order valence-corrected chi connectivity index (χ3v) is 18.2. The van der Waals surface area contributed by atoms with Gasteiger partial charge in [0.2, 0.25) is 0 Å². The summed E-state index contributed by atoms with van der Waals surface area (Å²) >= 11 is 0. The van der Waals surface area contributed by atoms with E-state index >= 15 is 0 Å². The van der Waals surface area contributed by atoms with Gasteiger partial charge in [-0.15, -0.1) is 0 Å². The zero-order valence-corrected chi connectivity index (χ0v) is 45.3. The number of nitriles is 2. The fourth-order valence-corrected chi connectivity index (χ4v) is 14.8. The first kappa shape index (κ1) is 46.3. The second-order valence-electron chi connectivity index (χ2n) is 22.4. The van der Waals surface area contributed by atoms with Gasteiger partial charge in [0, 0.05) is 76.1 Å². The molecule has 388 valence electrons. The van der Waals surface area contributed by atoms with Gasteiger partial charge in [-0.1, -0.05) is 224 Å². The molecule has 0 fully saturated rings. The summed E-state index contributed by atoms with van der Waals surface area (Å²) in [4.78, 5) is 0. The molecule has 0 bridgehead atoms. The van der Waals surface area contributed by atoms with Crippen molar-refractivity contribution in [2.75, 3.05) is 0 Å². The van der Waals surface area contributed by atoms with Gasteiger partial charge in [0.15, 0.2) is 0 Å². The van der Waals surface area contributed by atoms with Gasteiger partial charge < -0.3 is 18.3 Å². The monoisotopic (exact) mass is 1070 g/mol. The highest BCUT2D eigenvalue weighted by Gasteiger charge is 2.37. The van der Waals surface area contributed by atoms with E-state index in [2.05, 4.69) is 273 Å². The number of aromatic nitrogens is 4. The standard InChI is InChI=1S/C78H46N6/c79-45-47-33-35-52(36-34-47)70-77(83-68-31-15-11-27-59(68)63-43-39-50-19-3-7-23-55(50)73(63)83)75(81-66-29-13-9-25-57(66)61-41-37-48-17-1-5-21-53(48)71(61)81)65(46-80)76(82-67-30-14-10-26-58(67)62-42-38-49-18-2-6-22-54(49)72(62)82)78(70)84-69-32-16-12-28-60(69)64-44-40-51-20-4-8-24-56(51)74(64)84/h1-13,15-29,31-44H,14,30H2. The molecule has 0 spiro atoms. The molecule has 6 nitrogen and oxygen atoms in total. The molecular formula is C78H46N6. The Balaban J connectivity index is 1.23. The molecule has 1 aliphatic carbocycles. The Kier molecular flexibility index (Phi) is 9.67. The molecule has 18 rings (SSSR count). The van der Waals surface area contributed by atoms with E-state index in [4.69, 9.17) is 0 Å². The highest BCUT2D eigenvalue weighted by atomic mass is 15.1. The predicted molar refractivity (Wildman–Crippen MR) is 349 cm³/mol. The highest BCUT2D eigenvalue weighted by Crippen LogP contribution is 2.54. The number of fused-ring (bicyclic) bond motifs is 20. The van der Waals surface area contributed by atoms with Crippen molar-refractivity contribution < 1.29 is 0 Å². The molecule has 4 heterocycles. The first-order valence-corrected chi connectivity index (χ1v) is 28.8. The van der Waals surface area contributed by atoms with E-state index in [1.165, 1.54) is 0 Å². The third kappa shape index (κ3) is 6.21. The Hall–Kier alpha value is -11.4. The van der Waals surface area contributed by atoms with Crippen molar-refractivity contribution in [2.24, 2.45) is 0 Å². The van der Waals surface area contributed by atoms with Crippen LogP contribution < -0.4 is 0 Å². The predicted octanol–water partition coefficient (Wildman–Crippen LogP) is 19.9. The van der Waals surface area contributed by atoms with Crippen LogP contribution in [0.4, 0.5) is 0 Å². The van der Waals surface area contributed by atoms with Crippen LogP contribution in [0.15, 0.2) is 249 Å². The van der Waals surface area contributed by atoms with Crippen LogP contribution in [-0.2, 0) is 6.42 Å². The molecule has 0 radical (unpaired) electrons. The van der Waals surface area contributed by atoms with Crippen molar-refractivity contribution >= 4 is 125 Å². The summed E-state index contributed by atoms with van der Waals surface area (Å²) in [5.41, 5.74) is 15.5. The number of rotatable bonds is 5. The number of allylic oxidation sites excluding steroid dienone is 1. The molecule has 1 aliphatic rings. The van der Waals surface area contributed by atoms with Crippen molar-refractivity contribution in [3.8, 4) is 46.0 Å². The van der Waals surface area contributed by atoms with Crippen LogP contribution in [0.2, 0.25) is 0 Å². The van der Waals surface area contributed by atoms with E-state index in [0.717, 1.165) is 177 Å². The molecule has 4 aromatic heterocycles. The van der Waals surface area contributed by atoms with Crippen LogP contribution in [0, 0.1) is 22.7 Å². The Labute approximate surface area is 481 Å². The minimum atomic E-state index is 0.521. The maximum Gasteiger partial charge on any atom is 0.104 e. The molecular weight excluding hydrogens is 1020 g/mol. The highest BCUT2D eigenvalue weighted by molar-refractivity contribution is 6.24. The van der Waals surface area contributed by atoms with E-state index < -0.39 is 0 Å². The number of para-hydroxylation sites is 3. The van der Waals surface area contributed by atoms with E-state index in [9.17, 15) is 10.5 Å². The van der Waals surface area contributed by atoms with E-state index in [0.29, 0.717) is 11.1 Å². The average Bonchev–Trinajstić information content (AvgIpc) is 1.94. The maximum atomic E-state index is 13.4. The van der Waals surface area contributed by atoms with Crippen LogP contribution >= 0.6 is 0 Å². The van der Waals surface area contributed by atoms with Crippen molar-refractivity contribution in [3.63, 3.8) is 0 Å². The van der Waals surface area contributed by atoms with Gasteiger partial charge in [0.25, 0.3) is 0 Å². The van der Waals surface area contributed by atoms with Gasteiger partial charge in [-0.05, 0) is 70.3 Å². The van der Waals surface area contributed by atoms with Crippen LogP contribution in [0.1, 0.15) is 28.8 Å². The molecule has 0 unspecified atom stereocenters. The molecule has 0 saturated carbocycles. The Morgan fingerprint density at radius 3 is 1.11 bits per heavy atom. The van der Waals surface area contributed by atoms with Crippen LogP contribution in [-0.4, -0.2) is 18.3 Å². The summed E-state index contributed by atoms with van der Waals surface area (Å²) in [6, 6.07) is 93.1. The van der Waals surface area contributed by atoms with Crippen molar-refractivity contribution in [2.45, 2.75) is 12.8 Å². The molecule has 0 atom stereocenters. The molecule has 0 aliphatic heterocycles. The lowest BCUT2D eigenvalue weighted by atomic mass is 9.92. The second kappa shape index (κ2) is 17.5. The average molecular weight is 1070 g/mol. The topological polar surface area (TPSA) is 67.3 Å². The zero-order valence-electron chi connectivity index (χ0n) is 45.3. The van der Waals surface area contributed by atoms with Gasteiger partial charge in [0.1, 0.15) is 11.6 Å². The summed E-state index contributed by atoms with van der Waals surface area (Å²) < 4.78 is 9.98. The molecule has 84 heavy (non-hydrogen) atoms. The third-order valence-electron chi connectivity index (χ3n) is 18.2. The Morgan fingerprint density at radius 2 is 0.679 bits per heavy atom. The van der Waals surface area contributed by atoms with Crippen molar-refractivity contribution in [1.82, 2.24) is 18.3 Å².